The summed E-state index contributed by atoms with van der Waals surface area (Å²) in [6, 6.07) is 7.12. The number of hydrogen-bond donors (Lipinski definition) is 3. The molecule has 0 aliphatic carbocycles. The van der Waals surface area contributed by atoms with Crippen molar-refractivity contribution in [1.82, 2.24) is 10.6 Å². The topological polar surface area (TPSA) is 78.4 Å². The van der Waals surface area contributed by atoms with Crippen molar-refractivity contribution < 1.29 is 14.7 Å². The number of carbonyl (C=O) groups excluding carboxylic acids is 2. The second kappa shape index (κ2) is 7.45. The van der Waals surface area contributed by atoms with Gasteiger partial charge in [0.25, 0.3) is 5.91 Å². The first-order chi connectivity index (χ1) is 8.63. The highest BCUT2D eigenvalue weighted by atomic mass is 16.3. The molecule has 0 bridgehead atoms. The maximum Gasteiger partial charge on any atom is 0.251 e. The number of hydrogen-bond acceptors (Lipinski definition) is 3. The van der Waals surface area contributed by atoms with Gasteiger partial charge in [0.05, 0.1) is 6.54 Å². The first kappa shape index (κ1) is 14.2. The molecule has 1 aromatic rings. The molecule has 1 aromatic carbocycles. The predicted octanol–water partition coefficient (Wildman–Crippen LogP) is 0.223. The van der Waals surface area contributed by atoms with Crippen LogP contribution in [0.4, 0.5) is 0 Å². The fraction of sp³-hybridized carbons (Fsp3) is 0.385. The second-order valence-corrected chi connectivity index (χ2v) is 3.98. The van der Waals surface area contributed by atoms with Gasteiger partial charge in [-0.3, -0.25) is 9.59 Å². The summed E-state index contributed by atoms with van der Waals surface area (Å²) in [5, 5.41) is 13.7. The number of aliphatic hydroxyl groups is 1. The minimum absolute atomic E-state index is 0.0377. The Balaban J connectivity index is 2.32. The standard InChI is InChI=1S/C13H18N2O3/c1-10-3-5-11(6-4-10)13(18)15-9-12(17)14-7-2-8-16/h3-6,16H,2,7-9H2,1H3,(H,14,17)(H,15,18). The minimum atomic E-state index is -0.271. The number of aryl methyl sites for hydroxylation is 1. The molecule has 0 saturated carbocycles. The van der Waals surface area contributed by atoms with Crippen molar-refractivity contribution in [2.24, 2.45) is 0 Å². The van der Waals surface area contributed by atoms with Gasteiger partial charge in [-0.05, 0) is 25.5 Å². The Morgan fingerprint density at radius 3 is 2.44 bits per heavy atom. The largest absolute Gasteiger partial charge is 0.396 e. The van der Waals surface area contributed by atoms with Crippen LogP contribution in [0.1, 0.15) is 22.3 Å². The zero-order valence-corrected chi connectivity index (χ0v) is 10.4. The summed E-state index contributed by atoms with van der Waals surface area (Å²) >= 11 is 0. The third-order valence-corrected chi connectivity index (χ3v) is 2.38. The molecule has 0 aromatic heterocycles. The molecule has 1 rings (SSSR count). The van der Waals surface area contributed by atoms with E-state index in [2.05, 4.69) is 10.6 Å². The minimum Gasteiger partial charge on any atom is -0.396 e. The number of aliphatic hydroxyl groups excluding tert-OH is 1. The van der Waals surface area contributed by atoms with Crippen LogP contribution >= 0.6 is 0 Å². The van der Waals surface area contributed by atoms with Gasteiger partial charge in [-0.1, -0.05) is 17.7 Å². The predicted molar refractivity (Wildman–Crippen MR) is 68.2 cm³/mol. The second-order valence-electron chi connectivity index (χ2n) is 3.98. The number of carbonyl (C=O) groups is 2. The van der Waals surface area contributed by atoms with Gasteiger partial charge in [0.15, 0.2) is 0 Å². The molecule has 0 atom stereocenters. The Hall–Kier alpha value is -1.88. The zero-order valence-electron chi connectivity index (χ0n) is 10.4. The molecule has 3 N–H and O–H groups in total. The molecule has 0 aliphatic heterocycles. The lowest BCUT2D eigenvalue weighted by Gasteiger charge is -2.06. The highest BCUT2D eigenvalue weighted by molar-refractivity contribution is 5.96. The summed E-state index contributed by atoms with van der Waals surface area (Å²) in [5.74, 6) is -0.531. The van der Waals surface area contributed by atoms with E-state index in [1.165, 1.54) is 0 Å². The highest BCUT2D eigenvalue weighted by Crippen LogP contribution is 2.02. The summed E-state index contributed by atoms with van der Waals surface area (Å²) in [5.41, 5.74) is 1.61. The van der Waals surface area contributed by atoms with Gasteiger partial charge in [-0.15, -0.1) is 0 Å². The summed E-state index contributed by atoms with van der Waals surface area (Å²) in [6.07, 6.45) is 0.512. The van der Waals surface area contributed by atoms with Crippen LogP contribution in [0.5, 0.6) is 0 Å². The fourth-order valence-electron chi connectivity index (χ4n) is 1.34. The molecule has 0 unspecified atom stereocenters. The van der Waals surface area contributed by atoms with Gasteiger partial charge in [-0.25, -0.2) is 0 Å². The van der Waals surface area contributed by atoms with Crippen molar-refractivity contribution in [1.29, 1.82) is 0 Å². The molecule has 18 heavy (non-hydrogen) atoms. The zero-order chi connectivity index (χ0) is 13.4. The number of nitrogens with one attached hydrogen (secondary N) is 2. The molecule has 98 valence electrons. The van der Waals surface area contributed by atoms with E-state index in [4.69, 9.17) is 5.11 Å². The lowest BCUT2D eigenvalue weighted by Crippen LogP contribution is -2.37. The van der Waals surface area contributed by atoms with E-state index in [1.807, 2.05) is 19.1 Å². The van der Waals surface area contributed by atoms with Crippen molar-refractivity contribution >= 4 is 11.8 Å². The van der Waals surface area contributed by atoms with E-state index in [1.54, 1.807) is 12.1 Å². The van der Waals surface area contributed by atoms with E-state index < -0.39 is 0 Å². The molecular weight excluding hydrogens is 232 g/mol. The van der Waals surface area contributed by atoms with Gasteiger partial charge in [-0.2, -0.15) is 0 Å². The Kier molecular flexibility index (Phi) is 5.87. The van der Waals surface area contributed by atoms with Crippen molar-refractivity contribution in [3.8, 4) is 0 Å². The molecule has 0 radical (unpaired) electrons. The molecule has 0 aliphatic rings. The van der Waals surface area contributed by atoms with E-state index in [9.17, 15) is 9.59 Å². The van der Waals surface area contributed by atoms with E-state index in [0.29, 0.717) is 18.5 Å². The van der Waals surface area contributed by atoms with Crippen LogP contribution in [0.15, 0.2) is 24.3 Å². The maximum absolute atomic E-state index is 11.7. The molecule has 0 spiro atoms. The van der Waals surface area contributed by atoms with Crippen LogP contribution in [0.3, 0.4) is 0 Å². The fourth-order valence-corrected chi connectivity index (χ4v) is 1.34. The van der Waals surface area contributed by atoms with Crippen molar-refractivity contribution in [3.05, 3.63) is 35.4 Å². The number of rotatable bonds is 6. The van der Waals surface area contributed by atoms with Gasteiger partial charge < -0.3 is 15.7 Å². The van der Waals surface area contributed by atoms with Crippen LogP contribution in [0.25, 0.3) is 0 Å². The van der Waals surface area contributed by atoms with Gasteiger partial charge in [0.1, 0.15) is 0 Å². The van der Waals surface area contributed by atoms with E-state index >= 15 is 0 Å². The Bertz CT molecular complexity index is 401. The average Bonchev–Trinajstić information content (AvgIpc) is 2.37. The van der Waals surface area contributed by atoms with Crippen LogP contribution in [0, 0.1) is 6.92 Å². The maximum atomic E-state index is 11.7. The van der Waals surface area contributed by atoms with Crippen molar-refractivity contribution in [2.75, 3.05) is 19.7 Å². The number of benzene rings is 1. The summed E-state index contributed by atoms with van der Waals surface area (Å²) in [7, 11) is 0. The Morgan fingerprint density at radius 1 is 1.17 bits per heavy atom. The van der Waals surface area contributed by atoms with Gasteiger partial charge in [0, 0.05) is 18.7 Å². The molecule has 0 fully saturated rings. The molecule has 0 heterocycles. The van der Waals surface area contributed by atoms with E-state index in [-0.39, 0.29) is 25.0 Å². The third kappa shape index (κ3) is 4.97. The summed E-state index contributed by atoms with van der Waals surface area (Å²) in [6.45, 7) is 2.33. The van der Waals surface area contributed by atoms with Crippen LogP contribution in [-0.4, -0.2) is 36.6 Å². The van der Waals surface area contributed by atoms with Crippen LogP contribution < -0.4 is 10.6 Å². The van der Waals surface area contributed by atoms with E-state index in [0.717, 1.165) is 5.56 Å². The first-order valence-electron chi connectivity index (χ1n) is 5.86. The van der Waals surface area contributed by atoms with Gasteiger partial charge in [0.2, 0.25) is 5.91 Å². The molecule has 0 saturated heterocycles. The summed E-state index contributed by atoms with van der Waals surface area (Å²) < 4.78 is 0. The lowest BCUT2D eigenvalue weighted by molar-refractivity contribution is -0.120. The molecular formula is C13H18N2O3. The molecule has 5 nitrogen and oxygen atoms in total. The SMILES string of the molecule is Cc1ccc(C(=O)NCC(=O)NCCCO)cc1. The smallest absolute Gasteiger partial charge is 0.251 e. The van der Waals surface area contributed by atoms with Crippen molar-refractivity contribution in [3.63, 3.8) is 0 Å². The molecule has 5 heteroatoms. The number of amides is 2. The third-order valence-electron chi connectivity index (χ3n) is 2.38. The normalized spacial score (nSPS) is 9.89. The first-order valence-corrected chi connectivity index (χ1v) is 5.86. The quantitative estimate of drug-likeness (QED) is 0.632. The van der Waals surface area contributed by atoms with Crippen LogP contribution in [-0.2, 0) is 4.79 Å². The monoisotopic (exact) mass is 250 g/mol. The lowest BCUT2D eigenvalue weighted by atomic mass is 10.1. The van der Waals surface area contributed by atoms with Crippen molar-refractivity contribution in [2.45, 2.75) is 13.3 Å². The summed E-state index contributed by atoms with van der Waals surface area (Å²) in [4.78, 5) is 23.0. The average molecular weight is 250 g/mol. The van der Waals surface area contributed by atoms with Crippen LogP contribution in [0.2, 0.25) is 0 Å². The Labute approximate surface area is 106 Å². The Morgan fingerprint density at radius 2 is 1.83 bits per heavy atom. The van der Waals surface area contributed by atoms with Gasteiger partial charge >= 0.3 is 0 Å². The highest BCUT2D eigenvalue weighted by Gasteiger charge is 2.06. The molecule has 2 amide bonds.